The van der Waals surface area contributed by atoms with Gasteiger partial charge in [0.15, 0.2) is 5.82 Å². The zero-order valence-electron chi connectivity index (χ0n) is 8.00. The predicted octanol–water partition coefficient (Wildman–Crippen LogP) is 0.295. The number of nitrogens with zero attached hydrogens (tertiary/aromatic N) is 2. The Hall–Kier alpha value is -1.72. The number of hydrogen-bond donors (Lipinski definition) is 3. The van der Waals surface area contributed by atoms with E-state index < -0.39 is 0 Å². The molecule has 1 aliphatic heterocycles. The number of hydrogen-bond acceptors (Lipinski definition) is 6. The highest BCUT2D eigenvalue weighted by Gasteiger charge is 2.15. The molecule has 0 spiro atoms. The normalized spacial score (nSPS) is 14.6. The lowest BCUT2D eigenvalue weighted by Gasteiger charge is -2.11. The second kappa shape index (κ2) is 3.57. The number of rotatable bonds is 1. The minimum absolute atomic E-state index is 0.219. The smallest absolute Gasteiger partial charge is 0.244 e. The lowest BCUT2D eigenvalue weighted by Crippen LogP contribution is -2.06. The average molecular weight is 195 g/mol. The number of methoxy groups -OCH3 is 1. The first kappa shape index (κ1) is 8.86. The Bertz CT molecular complexity index is 341. The summed E-state index contributed by atoms with van der Waals surface area (Å²) < 4.78 is 5.12. The second-order valence-corrected chi connectivity index (χ2v) is 3.02. The van der Waals surface area contributed by atoms with Gasteiger partial charge in [-0.3, -0.25) is 0 Å². The highest BCUT2D eigenvalue weighted by atomic mass is 16.5. The number of fused-ring (bicyclic) bond motifs is 1. The summed E-state index contributed by atoms with van der Waals surface area (Å²) >= 11 is 0. The number of anilines is 3. The summed E-state index contributed by atoms with van der Waals surface area (Å²) in [5.41, 5.74) is 6.33. The van der Waals surface area contributed by atoms with Gasteiger partial charge in [0.25, 0.3) is 0 Å². The Kier molecular flexibility index (Phi) is 2.26. The maximum absolute atomic E-state index is 5.54. The molecular formula is C8H13N5O. The molecule has 1 aromatic heterocycles. The molecule has 0 saturated heterocycles. The summed E-state index contributed by atoms with van der Waals surface area (Å²) in [6.45, 7) is 1.75. The van der Waals surface area contributed by atoms with E-state index in [1.54, 1.807) is 7.11 Å². The van der Waals surface area contributed by atoms with Crippen LogP contribution in [0.15, 0.2) is 0 Å². The lowest BCUT2D eigenvalue weighted by molar-refractivity contribution is 0.400. The van der Waals surface area contributed by atoms with Gasteiger partial charge >= 0.3 is 0 Å². The molecule has 2 rings (SSSR count). The molecule has 0 saturated carbocycles. The molecule has 0 amide bonds. The predicted molar refractivity (Wildman–Crippen MR) is 54.6 cm³/mol. The highest BCUT2D eigenvalue weighted by molar-refractivity contribution is 5.71. The van der Waals surface area contributed by atoms with Gasteiger partial charge in [0.1, 0.15) is 5.69 Å². The van der Waals surface area contributed by atoms with E-state index >= 15 is 0 Å². The molecule has 4 N–H and O–H groups in total. The Morgan fingerprint density at radius 1 is 1.29 bits per heavy atom. The van der Waals surface area contributed by atoms with Crippen molar-refractivity contribution < 1.29 is 4.74 Å². The number of nitrogens with two attached hydrogens (primary N) is 1. The molecule has 14 heavy (non-hydrogen) atoms. The van der Waals surface area contributed by atoms with E-state index in [9.17, 15) is 0 Å². The fraction of sp³-hybridized carbons (Fsp3) is 0.500. The zero-order chi connectivity index (χ0) is 9.97. The molecule has 1 aromatic rings. The molecule has 1 aliphatic rings. The first-order valence-corrected chi connectivity index (χ1v) is 4.50. The van der Waals surface area contributed by atoms with E-state index in [0.717, 1.165) is 25.2 Å². The van der Waals surface area contributed by atoms with Crippen molar-refractivity contribution in [2.24, 2.45) is 0 Å². The van der Waals surface area contributed by atoms with Crippen molar-refractivity contribution in [1.82, 2.24) is 9.97 Å². The van der Waals surface area contributed by atoms with Crippen LogP contribution in [-0.4, -0.2) is 30.2 Å². The Labute approximate surface area is 81.9 Å². The van der Waals surface area contributed by atoms with Crippen molar-refractivity contribution in [3.8, 4) is 5.88 Å². The molecule has 0 radical (unpaired) electrons. The van der Waals surface area contributed by atoms with Crippen molar-refractivity contribution in [2.45, 2.75) is 6.42 Å². The zero-order valence-corrected chi connectivity index (χ0v) is 8.00. The Morgan fingerprint density at radius 3 is 2.86 bits per heavy atom. The van der Waals surface area contributed by atoms with E-state index in [-0.39, 0.29) is 5.95 Å². The third kappa shape index (κ3) is 1.50. The van der Waals surface area contributed by atoms with Crippen LogP contribution in [0, 0.1) is 0 Å². The molecule has 6 heteroatoms. The molecule has 76 valence electrons. The fourth-order valence-electron chi connectivity index (χ4n) is 1.40. The largest absolute Gasteiger partial charge is 0.479 e. The van der Waals surface area contributed by atoms with E-state index in [4.69, 9.17) is 10.5 Å². The van der Waals surface area contributed by atoms with Gasteiger partial charge in [-0.15, -0.1) is 0 Å². The lowest BCUT2D eigenvalue weighted by atomic mass is 10.4. The van der Waals surface area contributed by atoms with Crippen LogP contribution in [0.25, 0.3) is 0 Å². The van der Waals surface area contributed by atoms with Crippen molar-refractivity contribution in [2.75, 3.05) is 36.6 Å². The van der Waals surface area contributed by atoms with Crippen LogP contribution in [-0.2, 0) is 0 Å². The SMILES string of the molecule is COc1nc(N)nc2c1NCCCN2. The topological polar surface area (TPSA) is 85.1 Å². The van der Waals surface area contributed by atoms with E-state index in [0.29, 0.717) is 11.7 Å². The summed E-state index contributed by atoms with van der Waals surface area (Å²) in [7, 11) is 1.56. The summed E-state index contributed by atoms with van der Waals surface area (Å²) in [6.07, 6.45) is 1.03. The second-order valence-electron chi connectivity index (χ2n) is 3.02. The minimum atomic E-state index is 0.219. The van der Waals surface area contributed by atoms with Gasteiger partial charge in [0.2, 0.25) is 11.8 Å². The number of aromatic nitrogens is 2. The molecule has 0 bridgehead atoms. The van der Waals surface area contributed by atoms with Gasteiger partial charge in [-0.05, 0) is 6.42 Å². The molecular weight excluding hydrogens is 182 g/mol. The van der Waals surface area contributed by atoms with Gasteiger partial charge < -0.3 is 21.1 Å². The van der Waals surface area contributed by atoms with Crippen LogP contribution in [0.2, 0.25) is 0 Å². The molecule has 0 aliphatic carbocycles. The van der Waals surface area contributed by atoms with Crippen LogP contribution < -0.4 is 21.1 Å². The number of nitrogens with one attached hydrogen (secondary N) is 2. The Morgan fingerprint density at radius 2 is 2.07 bits per heavy atom. The van der Waals surface area contributed by atoms with E-state index in [2.05, 4.69) is 20.6 Å². The molecule has 2 heterocycles. The number of nitrogen functional groups attached to an aromatic ring is 1. The quantitative estimate of drug-likeness (QED) is 0.597. The number of ether oxygens (including phenoxy) is 1. The average Bonchev–Trinajstić information content (AvgIpc) is 2.41. The summed E-state index contributed by atoms with van der Waals surface area (Å²) in [5, 5.41) is 6.37. The summed E-state index contributed by atoms with van der Waals surface area (Å²) in [4.78, 5) is 8.08. The van der Waals surface area contributed by atoms with Crippen LogP contribution in [0.4, 0.5) is 17.5 Å². The van der Waals surface area contributed by atoms with Gasteiger partial charge in [0.05, 0.1) is 7.11 Å². The Balaban J connectivity index is 2.46. The van der Waals surface area contributed by atoms with Gasteiger partial charge in [-0.25, -0.2) is 0 Å². The van der Waals surface area contributed by atoms with Crippen molar-refractivity contribution >= 4 is 17.5 Å². The standard InChI is InChI=1S/C8H13N5O/c1-14-7-5-6(12-8(9)13-7)11-4-2-3-10-5/h10H,2-4H2,1H3,(H3,9,11,12,13). The maximum atomic E-state index is 5.54. The van der Waals surface area contributed by atoms with Crippen molar-refractivity contribution in [3.05, 3.63) is 0 Å². The van der Waals surface area contributed by atoms with Gasteiger partial charge in [-0.2, -0.15) is 9.97 Å². The molecule has 0 aromatic carbocycles. The third-order valence-corrected chi connectivity index (χ3v) is 2.03. The van der Waals surface area contributed by atoms with Crippen LogP contribution in [0.5, 0.6) is 5.88 Å². The molecule has 0 unspecified atom stereocenters. The third-order valence-electron chi connectivity index (χ3n) is 2.03. The fourth-order valence-corrected chi connectivity index (χ4v) is 1.40. The van der Waals surface area contributed by atoms with Crippen LogP contribution >= 0.6 is 0 Å². The van der Waals surface area contributed by atoms with Crippen molar-refractivity contribution in [1.29, 1.82) is 0 Å². The maximum Gasteiger partial charge on any atom is 0.244 e. The van der Waals surface area contributed by atoms with Crippen LogP contribution in [0.1, 0.15) is 6.42 Å². The van der Waals surface area contributed by atoms with Crippen molar-refractivity contribution in [3.63, 3.8) is 0 Å². The van der Waals surface area contributed by atoms with Crippen LogP contribution in [0.3, 0.4) is 0 Å². The van der Waals surface area contributed by atoms with Gasteiger partial charge in [0, 0.05) is 13.1 Å². The minimum Gasteiger partial charge on any atom is -0.479 e. The first-order chi connectivity index (χ1) is 6.81. The summed E-state index contributed by atoms with van der Waals surface area (Å²) in [6, 6.07) is 0. The highest BCUT2D eigenvalue weighted by Crippen LogP contribution is 2.30. The molecule has 0 fully saturated rings. The monoisotopic (exact) mass is 195 g/mol. The van der Waals surface area contributed by atoms with E-state index in [1.807, 2.05) is 0 Å². The summed E-state index contributed by atoms with van der Waals surface area (Å²) in [5.74, 6) is 1.42. The first-order valence-electron chi connectivity index (χ1n) is 4.50. The van der Waals surface area contributed by atoms with Gasteiger partial charge in [-0.1, -0.05) is 0 Å². The van der Waals surface area contributed by atoms with E-state index in [1.165, 1.54) is 0 Å². The molecule has 0 atom stereocenters. The molecule has 6 nitrogen and oxygen atoms in total.